The molecule has 0 bridgehead atoms. The second-order valence-corrected chi connectivity index (χ2v) is 3.13. The van der Waals surface area contributed by atoms with Crippen molar-refractivity contribution in [2.24, 2.45) is 5.92 Å². The first-order valence-electron chi connectivity index (χ1n) is 4.34. The van der Waals surface area contributed by atoms with Gasteiger partial charge in [-0.2, -0.15) is 0 Å². The van der Waals surface area contributed by atoms with Crippen LogP contribution in [0.25, 0.3) is 0 Å². The fourth-order valence-electron chi connectivity index (χ4n) is 1.10. The molecular formula is C9H12N2O. The molecule has 3 heteroatoms. The van der Waals surface area contributed by atoms with Crippen molar-refractivity contribution in [3.05, 3.63) is 18.6 Å². The van der Waals surface area contributed by atoms with Crippen molar-refractivity contribution in [2.45, 2.75) is 19.3 Å². The highest BCUT2D eigenvalue weighted by Crippen LogP contribution is 2.32. The van der Waals surface area contributed by atoms with Crippen LogP contribution in [0.1, 0.15) is 19.3 Å². The van der Waals surface area contributed by atoms with Gasteiger partial charge in [0, 0.05) is 12.3 Å². The van der Waals surface area contributed by atoms with Crippen LogP contribution in [0.5, 0.6) is 5.88 Å². The molecule has 1 saturated carbocycles. The lowest BCUT2D eigenvalue weighted by molar-refractivity contribution is 0.291. The fourth-order valence-corrected chi connectivity index (χ4v) is 1.10. The number of ether oxygens (including phenoxy) is 1. The summed E-state index contributed by atoms with van der Waals surface area (Å²) in [5.74, 6) is 1.61. The van der Waals surface area contributed by atoms with Gasteiger partial charge >= 0.3 is 0 Å². The standard InChI is InChI=1S/C9H12N2O/c1-2-8(1)4-6-12-9-3-5-10-7-11-9/h3,5,7-8H,1-2,4,6H2. The van der Waals surface area contributed by atoms with Gasteiger partial charge in [-0.25, -0.2) is 9.97 Å². The fraction of sp³-hybridized carbons (Fsp3) is 0.556. The third-order valence-electron chi connectivity index (χ3n) is 2.03. The molecule has 1 heterocycles. The van der Waals surface area contributed by atoms with Gasteiger partial charge in [0.1, 0.15) is 6.33 Å². The molecule has 1 aliphatic rings. The molecule has 0 amide bonds. The predicted octanol–water partition coefficient (Wildman–Crippen LogP) is 1.66. The van der Waals surface area contributed by atoms with Crippen LogP contribution in [-0.2, 0) is 0 Å². The molecule has 1 aromatic heterocycles. The predicted molar refractivity (Wildman–Crippen MR) is 44.9 cm³/mol. The van der Waals surface area contributed by atoms with Crippen molar-refractivity contribution in [3.63, 3.8) is 0 Å². The summed E-state index contributed by atoms with van der Waals surface area (Å²) in [6, 6.07) is 1.78. The van der Waals surface area contributed by atoms with Crippen molar-refractivity contribution in [1.82, 2.24) is 9.97 Å². The van der Waals surface area contributed by atoms with Crippen molar-refractivity contribution >= 4 is 0 Å². The van der Waals surface area contributed by atoms with Gasteiger partial charge in [-0.3, -0.25) is 0 Å². The minimum Gasteiger partial charge on any atom is -0.478 e. The molecule has 1 aromatic rings. The van der Waals surface area contributed by atoms with Gasteiger partial charge in [0.25, 0.3) is 0 Å². The first-order valence-corrected chi connectivity index (χ1v) is 4.34. The van der Waals surface area contributed by atoms with Gasteiger partial charge in [-0.1, -0.05) is 12.8 Å². The maximum atomic E-state index is 5.41. The molecule has 64 valence electrons. The quantitative estimate of drug-likeness (QED) is 0.678. The van der Waals surface area contributed by atoms with Crippen LogP contribution in [0.4, 0.5) is 0 Å². The number of nitrogens with zero attached hydrogens (tertiary/aromatic N) is 2. The van der Waals surface area contributed by atoms with E-state index in [9.17, 15) is 0 Å². The Morgan fingerprint density at radius 3 is 3.08 bits per heavy atom. The van der Waals surface area contributed by atoms with Gasteiger partial charge in [0.15, 0.2) is 0 Å². The zero-order valence-corrected chi connectivity index (χ0v) is 6.94. The van der Waals surface area contributed by atoms with Crippen LogP contribution in [0.15, 0.2) is 18.6 Å². The zero-order chi connectivity index (χ0) is 8.23. The molecule has 0 radical (unpaired) electrons. The van der Waals surface area contributed by atoms with Crippen LogP contribution < -0.4 is 4.74 Å². The summed E-state index contributed by atoms with van der Waals surface area (Å²) in [5, 5.41) is 0. The van der Waals surface area contributed by atoms with Crippen LogP contribution in [-0.4, -0.2) is 16.6 Å². The molecule has 0 aliphatic heterocycles. The molecule has 0 saturated heterocycles. The van der Waals surface area contributed by atoms with E-state index in [1.807, 2.05) is 0 Å². The summed E-state index contributed by atoms with van der Waals surface area (Å²) in [7, 11) is 0. The molecule has 12 heavy (non-hydrogen) atoms. The second-order valence-electron chi connectivity index (χ2n) is 3.13. The number of rotatable bonds is 4. The van der Waals surface area contributed by atoms with E-state index < -0.39 is 0 Å². The first-order chi connectivity index (χ1) is 5.95. The van der Waals surface area contributed by atoms with E-state index in [-0.39, 0.29) is 0 Å². The van der Waals surface area contributed by atoms with Crippen LogP contribution in [0.2, 0.25) is 0 Å². The average molecular weight is 164 g/mol. The van der Waals surface area contributed by atoms with E-state index in [1.165, 1.54) is 25.6 Å². The molecule has 0 spiro atoms. The van der Waals surface area contributed by atoms with Crippen molar-refractivity contribution < 1.29 is 4.74 Å². The second kappa shape index (κ2) is 3.52. The lowest BCUT2D eigenvalue weighted by Crippen LogP contribution is -1.99. The summed E-state index contributed by atoms with van der Waals surface area (Å²) in [6.45, 7) is 0.793. The van der Waals surface area contributed by atoms with Crippen molar-refractivity contribution in [2.75, 3.05) is 6.61 Å². The van der Waals surface area contributed by atoms with Crippen molar-refractivity contribution in [1.29, 1.82) is 0 Å². The summed E-state index contributed by atoms with van der Waals surface area (Å²) in [6.07, 6.45) is 7.14. The van der Waals surface area contributed by atoms with Crippen LogP contribution >= 0.6 is 0 Å². The molecule has 1 aliphatic carbocycles. The Morgan fingerprint density at radius 1 is 1.50 bits per heavy atom. The summed E-state index contributed by atoms with van der Waals surface area (Å²) < 4.78 is 5.41. The molecule has 0 aromatic carbocycles. The van der Waals surface area contributed by atoms with E-state index in [2.05, 4.69) is 9.97 Å². The minimum atomic E-state index is 0.686. The van der Waals surface area contributed by atoms with Crippen LogP contribution in [0, 0.1) is 5.92 Å². The third-order valence-corrected chi connectivity index (χ3v) is 2.03. The molecule has 1 fully saturated rings. The van der Waals surface area contributed by atoms with Gasteiger partial charge in [-0.15, -0.1) is 0 Å². The normalized spacial score (nSPS) is 16.0. The van der Waals surface area contributed by atoms with Crippen LogP contribution in [0.3, 0.4) is 0 Å². The summed E-state index contributed by atoms with van der Waals surface area (Å²) >= 11 is 0. The Morgan fingerprint density at radius 2 is 2.42 bits per heavy atom. The molecule has 0 unspecified atom stereocenters. The molecule has 2 rings (SSSR count). The Hall–Kier alpha value is -1.12. The summed E-state index contributed by atoms with van der Waals surface area (Å²) in [5.41, 5.74) is 0. The minimum absolute atomic E-state index is 0.686. The third kappa shape index (κ3) is 2.19. The largest absolute Gasteiger partial charge is 0.478 e. The highest BCUT2D eigenvalue weighted by Gasteiger charge is 2.20. The lowest BCUT2D eigenvalue weighted by Gasteiger charge is -2.02. The molecule has 0 atom stereocenters. The maximum Gasteiger partial charge on any atom is 0.216 e. The number of hydrogen-bond donors (Lipinski definition) is 0. The van der Waals surface area contributed by atoms with E-state index in [4.69, 9.17) is 4.74 Å². The van der Waals surface area contributed by atoms with E-state index in [0.717, 1.165) is 12.5 Å². The summed E-state index contributed by atoms with van der Waals surface area (Å²) in [4.78, 5) is 7.77. The monoisotopic (exact) mass is 164 g/mol. The topological polar surface area (TPSA) is 35.0 Å². The number of hydrogen-bond acceptors (Lipinski definition) is 3. The Bertz CT molecular complexity index is 234. The van der Waals surface area contributed by atoms with Gasteiger partial charge in [0.05, 0.1) is 6.61 Å². The SMILES string of the molecule is c1cc(OCCC2CC2)ncn1. The van der Waals surface area contributed by atoms with E-state index in [1.54, 1.807) is 12.3 Å². The Balaban J connectivity index is 1.72. The Labute approximate surface area is 71.8 Å². The van der Waals surface area contributed by atoms with Crippen molar-refractivity contribution in [3.8, 4) is 5.88 Å². The van der Waals surface area contributed by atoms with Gasteiger partial charge in [0.2, 0.25) is 5.88 Å². The molecule has 0 N–H and O–H groups in total. The zero-order valence-electron chi connectivity index (χ0n) is 6.94. The smallest absolute Gasteiger partial charge is 0.216 e. The highest BCUT2D eigenvalue weighted by molar-refractivity contribution is 5.04. The molecular weight excluding hydrogens is 152 g/mol. The number of aromatic nitrogens is 2. The first kappa shape index (κ1) is 7.53. The van der Waals surface area contributed by atoms with Gasteiger partial charge in [-0.05, 0) is 12.3 Å². The average Bonchev–Trinajstić information content (AvgIpc) is 2.90. The van der Waals surface area contributed by atoms with E-state index in [0.29, 0.717) is 5.88 Å². The van der Waals surface area contributed by atoms with E-state index >= 15 is 0 Å². The Kier molecular flexibility index (Phi) is 2.21. The highest BCUT2D eigenvalue weighted by atomic mass is 16.5. The van der Waals surface area contributed by atoms with Gasteiger partial charge < -0.3 is 4.74 Å². The maximum absolute atomic E-state index is 5.41. The molecule has 3 nitrogen and oxygen atoms in total. The lowest BCUT2D eigenvalue weighted by atomic mass is 10.3.